The predicted molar refractivity (Wildman–Crippen MR) is 280 cm³/mol. The summed E-state index contributed by atoms with van der Waals surface area (Å²) in [6.07, 6.45) is 62.0. The maximum absolute atomic E-state index is 12.8. The molecule has 0 heterocycles. The topological polar surface area (TPSA) is 78.9 Å². The van der Waals surface area contributed by atoms with Crippen molar-refractivity contribution in [2.24, 2.45) is 0 Å². The molecule has 6 heteroatoms. The Bertz CT molecular complexity index is 1010. The van der Waals surface area contributed by atoms with Gasteiger partial charge in [0.05, 0.1) is 0 Å². The minimum Gasteiger partial charge on any atom is -0.462 e. The molecule has 384 valence electrons. The van der Waals surface area contributed by atoms with E-state index in [2.05, 4.69) is 32.9 Å². The van der Waals surface area contributed by atoms with E-state index < -0.39 is 6.10 Å². The number of unbranched alkanes of at least 4 members (excludes halogenated alkanes) is 41. The molecule has 0 aromatic carbocycles. The number of rotatable bonds is 54. The fourth-order valence-corrected chi connectivity index (χ4v) is 8.85. The lowest BCUT2D eigenvalue weighted by atomic mass is 10.0. The minimum absolute atomic E-state index is 0.0664. The molecule has 0 aliphatic carbocycles. The van der Waals surface area contributed by atoms with E-state index >= 15 is 0 Å². The second-order valence-electron chi connectivity index (χ2n) is 19.9. The number of hydrogen-bond acceptors (Lipinski definition) is 6. The lowest BCUT2D eigenvalue weighted by molar-refractivity contribution is -0.167. The molecule has 0 aromatic heterocycles. The van der Waals surface area contributed by atoms with Crippen LogP contribution in [-0.4, -0.2) is 37.2 Å². The third-order valence-electron chi connectivity index (χ3n) is 13.3. The maximum atomic E-state index is 12.8. The summed E-state index contributed by atoms with van der Waals surface area (Å²) < 4.78 is 16.9. The molecule has 0 amide bonds. The number of hydrogen-bond donors (Lipinski definition) is 0. The highest BCUT2D eigenvalue weighted by Crippen LogP contribution is 2.17. The fraction of sp³-hybridized carbons (Fsp3) is 0.915. The average Bonchev–Trinajstić information content (AvgIpc) is 3.30. The van der Waals surface area contributed by atoms with Gasteiger partial charge in [0.2, 0.25) is 0 Å². The predicted octanol–water partition coefficient (Wildman–Crippen LogP) is 19.3. The van der Waals surface area contributed by atoms with Crippen molar-refractivity contribution in [2.45, 2.75) is 335 Å². The van der Waals surface area contributed by atoms with Gasteiger partial charge in [-0.25, -0.2) is 0 Å². The third kappa shape index (κ3) is 53.0. The summed E-state index contributed by atoms with van der Waals surface area (Å²) >= 11 is 0. The molecule has 0 fully saturated rings. The normalized spacial score (nSPS) is 12.0. The van der Waals surface area contributed by atoms with Gasteiger partial charge in [0.25, 0.3) is 0 Å². The van der Waals surface area contributed by atoms with Crippen LogP contribution in [0.15, 0.2) is 12.2 Å². The molecule has 0 saturated heterocycles. The molecule has 6 nitrogen and oxygen atoms in total. The van der Waals surface area contributed by atoms with Crippen LogP contribution in [0, 0.1) is 0 Å². The molecular formula is C59H112O6. The van der Waals surface area contributed by atoms with Gasteiger partial charge in [-0.3, -0.25) is 14.4 Å². The van der Waals surface area contributed by atoms with Crippen LogP contribution in [-0.2, 0) is 28.6 Å². The van der Waals surface area contributed by atoms with E-state index in [4.69, 9.17) is 14.2 Å². The van der Waals surface area contributed by atoms with E-state index in [-0.39, 0.29) is 31.1 Å². The first-order valence-corrected chi connectivity index (χ1v) is 29.2. The highest BCUT2D eigenvalue weighted by molar-refractivity contribution is 5.71. The Morgan fingerprint density at radius 3 is 0.769 bits per heavy atom. The molecule has 0 aromatic rings. The lowest BCUT2D eigenvalue weighted by Crippen LogP contribution is -2.30. The summed E-state index contributed by atoms with van der Waals surface area (Å²) in [6.45, 7) is 6.68. The van der Waals surface area contributed by atoms with Gasteiger partial charge in [0.1, 0.15) is 13.2 Å². The third-order valence-corrected chi connectivity index (χ3v) is 13.3. The number of carbonyl (C=O) groups is 3. The Kier molecular flexibility index (Phi) is 53.2. The van der Waals surface area contributed by atoms with Crippen molar-refractivity contribution in [1.82, 2.24) is 0 Å². The van der Waals surface area contributed by atoms with E-state index in [1.807, 2.05) is 0 Å². The van der Waals surface area contributed by atoms with Crippen LogP contribution < -0.4 is 0 Å². The largest absolute Gasteiger partial charge is 0.462 e. The summed E-state index contributed by atoms with van der Waals surface area (Å²) in [6, 6.07) is 0. The van der Waals surface area contributed by atoms with Crippen LogP contribution in [0.1, 0.15) is 329 Å². The standard InChI is InChI=1S/C59H112O6/c1-4-7-10-13-16-19-22-25-28-29-30-32-34-37-40-43-46-49-52-58(61)64-55-56(54-63-57(60)51-48-45-42-39-36-33-27-24-21-18-15-12-9-6-3)65-59(62)53-50-47-44-41-38-35-31-26-23-20-17-14-11-8-5-2/h24,27,56H,4-23,25-26,28-55H2,1-3H3/b27-24+/t56-/m1/s1. The van der Waals surface area contributed by atoms with Gasteiger partial charge >= 0.3 is 17.9 Å². The minimum atomic E-state index is -0.767. The van der Waals surface area contributed by atoms with Gasteiger partial charge in [0.15, 0.2) is 6.10 Å². The molecule has 65 heavy (non-hydrogen) atoms. The molecule has 0 bridgehead atoms. The second-order valence-corrected chi connectivity index (χ2v) is 19.9. The summed E-state index contributed by atoms with van der Waals surface area (Å²) in [5, 5.41) is 0. The molecule has 1 atom stereocenters. The van der Waals surface area contributed by atoms with E-state index in [9.17, 15) is 14.4 Å². The Morgan fingerprint density at radius 2 is 0.508 bits per heavy atom. The van der Waals surface area contributed by atoms with Crippen LogP contribution in [0.25, 0.3) is 0 Å². The molecule has 0 rings (SSSR count). The highest BCUT2D eigenvalue weighted by atomic mass is 16.6. The fourth-order valence-electron chi connectivity index (χ4n) is 8.85. The van der Waals surface area contributed by atoms with Gasteiger partial charge in [-0.2, -0.15) is 0 Å². The number of esters is 3. The first-order chi connectivity index (χ1) is 32.0. The van der Waals surface area contributed by atoms with Crippen molar-refractivity contribution >= 4 is 17.9 Å². The average molecular weight is 918 g/mol. The van der Waals surface area contributed by atoms with Crippen molar-refractivity contribution in [2.75, 3.05) is 13.2 Å². The van der Waals surface area contributed by atoms with Crippen molar-refractivity contribution in [1.29, 1.82) is 0 Å². The first kappa shape index (κ1) is 63.1. The Balaban J connectivity index is 4.30. The van der Waals surface area contributed by atoms with Crippen molar-refractivity contribution < 1.29 is 28.6 Å². The lowest BCUT2D eigenvalue weighted by Gasteiger charge is -2.18. The van der Waals surface area contributed by atoms with Crippen molar-refractivity contribution in [3.05, 3.63) is 12.2 Å². The van der Waals surface area contributed by atoms with Crippen molar-refractivity contribution in [3.63, 3.8) is 0 Å². The molecular weight excluding hydrogens is 805 g/mol. The van der Waals surface area contributed by atoms with Crippen LogP contribution in [0.2, 0.25) is 0 Å². The Hall–Kier alpha value is -1.85. The van der Waals surface area contributed by atoms with Crippen LogP contribution in [0.4, 0.5) is 0 Å². The van der Waals surface area contributed by atoms with E-state index in [0.717, 1.165) is 64.2 Å². The van der Waals surface area contributed by atoms with Gasteiger partial charge < -0.3 is 14.2 Å². The zero-order valence-electron chi connectivity index (χ0n) is 44.0. The molecule has 0 radical (unpaired) electrons. The van der Waals surface area contributed by atoms with Gasteiger partial charge in [-0.05, 0) is 44.9 Å². The zero-order valence-corrected chi connectivity index (χ0v) is 44.0. The van der Waals surface area contributed by atoms with Crippen LogP contribution in [0.3, 0.4) is 0 Å². The van der Waals surface area contributed by atoms with Gasteiger partial charge in [0, 0.05) is 19.3 Å². The smallest absolute Gasteiger partial charge is 0.306 e. The quantitative estimate of drug-likeness (QED) is 0.0262. The van der Waals surface area contributed by atoms with Crippen LogP contribution in [0.5, 0.6) is 0 Å². The zero-order chi connectivity index (χ0) is 47.2. The van der Waals surface area contributed by atoms with Gasteiger partial charge in [-0.1, -0.05) is 277 Å². The molecule has 0 spiro atoms. The first-order valence-electron chi connectivity index (χ1n) is 29.2. The van der Waals surface area contributed by atoms with Gasteiger partial charge in [-0.15, -0.1) is 0 Å². The number of ether oxygens (including phenoxy) is 3. The van der Waals surface area contributed by atoms with E-state index in [1.165, 1.54) is 225 Å². The second kappa shape index (κ2) is 54.8. The monoisotopic (exact) mass is 917 g/mol. The van der Waals surface area contributed by atoms with Crippen molar-refractivity contribution in [3.8, 4) is 0 Å². The SMILES string of the molecule is CCCCCCC/C=C/CCCCCCCC(=O)OC[C@H](COC(=O)CCCCCCCCCCCCCCCCCCCC)OC(=O)CCCCCCCCCCCCCCCCC. The molecule has 0 unspecified atom stereocenters. The molecule has 0 aliphatic rings. The highest BCUT2D eigenvalue weighted by Gasteiger charge is 2.19. The summed E-state index contributed by atoms with van der Waals surface area (Å²) in [7, 11) is 0. The maximum Gasteiger partial charge on any atom is 0.306 e. The molecule has 0 N–H and O–H groups in total. The number of carbonyl (C=O) groups excluding carboxylic acids is 3. The van der Waals surface area contributed by atoms with E-state index in [0.29, 0.717) is 19.3 Å². The molecule has 0 saturated carbocycles. The summed E-state index contributed by atoms with van der Waals surface area (Å²) in [4.78, 5) is 38.1. The van der Waals surface area contributed by atoms with E-state index in [1.54, 1.807) is 0 Å². The summed E-state index contributed by atoms with van der Waals surface area (Å²) in [5.41, 5.74) is 0. The Morgan fingerprint density at radius 1 is 0.292 bits per heavy atom. The summed E-state index contributed by atoms with van der Waals surface area (Å²) in [5.74, 6) is -0.850. The molecule has 0 aliphatic heterocycles. The van der Waals surface area contributed by atoms with Crippen LogP contribution >= 0.6 is 0 Å². The Labute approximate surface area is 405 Å². The number of allylic oxidation sites excluding steroid dienone is 2.